The Bertz CT molecular complexity index is 763. The van der Waals surface area contributed by atoms with Crippen LogP contribution in [0.5, 0.6) is 0 Å². The molecule has 164 valence electrons. The standard InChI is InChI=1S/C27H40N2O/c1-3-13-25(2)20-14-26(19-7-5-4-6-8-19)15-21(25)17-27(16-20,18-26)24(30)29-23-11-9-22(28)10-12-23/h4-8,20-23H,3,9-18,28H2,1-2H3,(H,29,30). The molecule has 0 saturated heterocycles. The molecule has 5 saturated carbocycles. The van der Waals surface area contributed by atoms with E-state index in [1.165, 1.54) is 31.2 Å². The average molecular weight is 409 g/mol. The highest BCUT2D eigenvalue weighted by Gasteiger charge is 2.67. The summed E-state index contributed by atoms with van der Waals surface area (Å²) in [6.45, 7) is 4.88. The van der Waals surface area contributed by atoms with Gasteiger partial charge in [-0.2, -0.15) is 0 Å². The molecule has 6 rings (SSSR count). The number of nitrogens with two attached hydrogens (primary N) is 1. The summed E-state index contributed by atoms with van der Waals surface area (Å²) in [6, 6.07) is 11.8. The molecule has 2 atom stereocenters. The topological polar surface area (TPSA) is 55.1 Å². The Morgan fingerprint density at radius 2 is 1.67 bits per heavy atom. The summed E-state index contributed by atoms with van der Waals surface area (Å²) in [6.07, 6.45) is 12.6. The van der Waals surface area contributed by atoms with Crippen LogP contribution >= 0.6 is 0 Å². The summed E-state index contributed by atoms with van der Waals surface area (Å²) in [4.78, 5) is 13.8. The minimum Gasteiger partial charge on any atom is -0.353 e. The SMILES string of the molecule is CCCC1(C)C2CC3(C(=O)NC4CCC(N)CC4)CC1CC(c1ccccc1)(C2)C3. The van der Waals surface area contributed by atoms with Crippen LogP contribution in [0.4, 0.5) is 0 Å². The maximum Gasteiger partial charge on any atom is 0.226 e. The first-order valence-electron chi connectivity index (χ1n) is 12.5. The summed E-state index contributed by atoms with van der Waals surface area (Å²) < 4.78 is 0. The van der Waals surface area contributed by atoms with Gasteiger partial charge in [-0.3, -0.25) is 4.79 Å². The van der Waals surface area contributed by atoms with Crippen molar-refractivity contribution in [3.63, 3.8) is 0 Å². The summed E-state index contributed by atoms with van der Waals surface area (Å²) in [5.41, 5.74) is 8.04. The van der Waals surface area contributed by atoms with E-state index >= 15 is 0 Å². The highest BCUT2D eigenvalue weighted by molar-refractivity contribution is 5.84. The number of hydrogen-bond donors (Lipinski definition) is 2. The van der Waals surface area contributed by atoms with Gasteiger partial charge < -0.3 is 11.1 Å². The highest BCUT2D eigenvalue weighted by atomic mass is 16.2. The van der Waals surface area contributed by atoms with Gasteiger partial charge in [0.1, 0.15) is 0 Å². The molecule has 5 fully saturated rings. The minimum absolute atomic E-state index is 0.158. The summed E-state index contributed by atoms with van der Waals surface area (Å²) in [5, 5.41) is 3.53. The van der Waals surface area contributed by atoms with E-state index in [9.17, 15) is 4.79 Å². The van der Waals surface area contributed by atoms with Gasteiger partial charge in [-0.1, -0.05) is 50.6 Å². The Balaban J connectivity index is 1.45. The van der Waals surface area contributed by atoms with Crippen molar-refractivity contribution in [2.75, 3.05) is 0 Å². The Hall–Kier alpha value is -1.35. The van der Waals surface area contributed by atoms with Gasteiger partial charge in [-0.05, 0) is 92.4 Å². The van der Waals surface area contributed by atoms with Crippen molar-refractivity contribution in [3.05, 3.63) is 35.9 Å². The van der Waals surface area contributed by atoms with E-state index in [1.54, 1.807) is 0 Å². The zero-order valence-electron chi connectivity index (χ0n) is 19.0. The first-order chi connectivity index (χ1) is 14.4. The molecule has 0 radical (unpaired) electrons. The van der Waals surface area contributed by atoms with Crippen molar-refractivity contribution in [2.24, 2.45) is 28.4 Å². The molecule has 1 aromatic carbocycles. The number of amides is 1. The fraction of sp³-hybridized carbons (Fsp3) is 0.741. The van der Waals surface area contributed by atoms with Gasteiger partial charge >= 0.3 is 0 Å². The summed E-state index contributed by atoms with van der Waals surface area (Å²) >= 11 is 0. The zero-order chi connectivity index (χ0) is 21.0. The third-order valence-electron chi connectivity index (χ3n) is 9.85. The molecule has 30 heavy (non-hydrogen) atoms. The Morgan fingerprint density at radius 1 is 1.03 bits per heavy atom. The minimum atomic E-state index is -0.158. The van der Waals surface area contributed by atoms with Crippen LogP contribution in [0.3, 0.4) is 0 Å². The van der Waals surface area contributed by atoms with Crippen LogP contribution in [0.2, 0.25) is 0 Å². The highest BCUT2D eigenvalue weighted by Crippen LogP contribution is 2.72. The average Bonchev–Trinajstić information content (AvgIpc) is 2.74. The number of carbonyl (C=O) groups is 1. The molecule has 0 heterocycles. The van der Waals surface area contributed by atoms with Crippen LogP contribution in [0.25, 0.3) is 0 Å². The van der Waals surface area contributed by atoms with Gasteiger partial charge in [-0.25, -0.2) is 0 Å². The van der Waals surface area contributed by atoms with Crippen molar-refractivity contribution >= 4 is 5.91 Å². The molecule has 1 amide bonds. The second-order valence-corrected chi connectivity index (χ2v) is 11.7. The fourth-order valence-corrected chi connectivity index (χ4v) is 8.34. The third kappa shape index (κ3) is 3.15. The molecule has 0 aromatic heterocycles. The van der Waals surface area contributed by atoms with E-state index in [-0.39, 0.29) is 10.8 Å². The van der Waals surface area contributed by atoms with Crippen molar-refractivity contribution in [1.29, 1.82) is 0 Å². The molecule has 1 aromatic rings. The lowest BCUT2D eigenvalue weighted by molar-refractivity contribution is -0.177. The van der Waals surface area contributed by atoms with Gasteiger partial charge in [-0.15, -0.1) is 0 Å². The number of nitrogens with one attached hydrogen (secondary N) is 1. The van der Waals surface area contributed by atoms with E-state index in [4.69, 9.17) is 5.73 Å². The number of hydrogen-bond acceptors (Lipinski definition) is 2. The molecule has 3 heteroatoms. The number of carbonyl (C=O) groups excluding carboxylic acids is 1. The van der Waals surface area contributed by atoms with Crippen LogP contribution in [0.15, 0.2) is 30.3 Å². The quantitative estimate of drug-likeness (QED) is 0.692. The van der Waals surface area contributed by atoms with E-state index in [2.05, 4.69) is 49.5 Å². The van der Waals surface area contributed by atoms with E-state index in [0.29, 0.717) is 35.2 Å². The summed E-state index contributed by atoms with van der Waals surface area (Å²) in [7, 11) is 0. The normalized spacial score (nSPS) is 44.8. The van der Waals surface area contributed by atoms with Crippen LogP contribution in [0, 0.1) is 22.7 Å². The molecule has 2 unspecified atom stereocenters. The van der Waals surface area contributed by atoms with Gasteiger partial charge in [0.2, 0.25) is 5.91 Å². The van der Waals surface area contributed by atoms with Gasteiger partial charge in [0, 0.05) is 12.1 Å². The molecular weight excluding hydrogens is 368 g/mol. The third-order valence-corrected chi connectivity index (χ3v) is 9.85. The van der Waals surface area contributed by atoms with E-state index in [1.807, 2.05) is 0 Å². The van der Waals surface area contributed by atoms with Crippen molar-refractivity contribution < 1.29 is 4.79 Å². The smallest absolute Gasteiger partial charge is 0.226 e. The molecule has 5 aliphatic carbocycles. The predicted octanol–water partition coefficient (Wildman–Crippen LogP) is 5.33. The van der Waals surface area contributed by atoms with Crippen LogP contribution in [-0.2, 0) is 10.2 Å². The lowest BCUT2D eigenvalue weighted by Gasteiger charge is -2.68. The van der Waals surface area contributed by atoms with Crippen molar-refractivity contribution in [3.8, 4) is 0 Å². The maximum absolute atomic E-state index is 13.8. The first-order valence-corrected chi connectivity index (χ1v) is 12.5. The first kappa shape index (κ1) is 20.5. The molecule has 5 aliphatic rings. The molecule has 4 bridgehead atoms. The zero-order valence-corrected chi connectivity index (χ0v) is 19.0. The van der Waals surface area contributed by atoms with Crippen molar-refractivity contribution in [2.45, 2.75) is 102 Å². The van der Waals surface area contributed by atoms with Gasteiger partial charge in [0.25, 0.3) is 0 Å². The maximum atomic E-state index is 13.8. The molecule has 3 N–H and O–H groups in total. The van der Waals surface area contributed by atoms with E-state index in [0.717, 1.165) is 44.9 Å². The lowest BCUT2D eigenvalue weighted by Crippen LogP contribution is -2.65. The summed E-state index contributed by atoms with van der Waals surface area (Å²) in [5.74, 6) is 1.71. The molecule has 0 spiro atoms. The van der Waals surface area contributed by atoms with Crippen LogP contribution in [0.1, 0.15) is 90.0 Å². The molecule has 0 aliphatic heterocycles. The molecular formula is C27H40N2O. The van der Waals surface area contributed by atoms with Crippen LogP contribution in [-0.4, -0.2) is 18.0 Å². The Morgan fingerprint density at radius 3 is 2.27 bits per heavy atom. The lowest BCUT2D eigenvalue weighted by atomic mass is 9.36. The van der Waals surface area contributed by atoms with Crippen LogP contribution < -0.4 is 11.1 Å². The van der Waals surface area contributed by atoms with E-state index < -0.39 is 0 Å². The second-order valence-electron chi connectivity index (χ2n) is 11.7. The Labute approximate surface area is 182 Å². The fourth-order valence-electron chi connectivity index (χ4n) is 8.34. The molecule has 3 nitrogen and oxygen atoms in total. The van der Waals surface area contributed by atoms with Crippen molar-refractivity contribution in [1.82, 2.24) is 5.32 Å². The monoisotopic (exact) mass is 408 g/mol. The predicted molar refractivity (Wildman–Crippen MR) is 122 cm³/mol. The largest absolute Gasteiger partial charge is 0.353 e. The number of benzene rings is 1. The second kappa shape index (κ2) is 7.36. The Kier molecular flexibility index (Phi) is 5.04. The van der Waals surface area contributed by atoms with Gasteiger partial charge in [0.15, 0.2) is 0 Å². The van der Waals surface area contributed by atoms with Gasteiger partial charge in [0.05, 0.1) is 5.41 Å². The number of rotatable bonds is 5.